The number of H-pyrrole nitrogens is 1. The van der Waals surface area contributed by atoms with Crippen molar-refractivity contribution < 1.29 is 18.7 Å². The summed E-state index contributed by atoms with van der Waals surface area (Å²) in [4.78, 5) is 22.4. The molecular weight excluding hydrogens is 373 g/mol. The highest BCUT2D eigenvalue weighted by Crippen LogP contribution is 2.28. The third-order valence-corrected chi connectivity index (χ3v) is 4.82. The second-order valence-corrected chi connectivity index (χ2v) is 6.68. The number of imidazole rings is 1. The summed E-state index contributed by atoms with van der Waals surface area (Å²) in [5.74, 6) is -0.280. The standard InChI is InChI=1S/C22H22FN3O3/c1-2-29-22(27)20-19(15-3-7-17(23)8-4-15)24-21(25-20)16-5-9-18(10-6-16)26-11-13-28-14-12-26/h3-10H,2,11-14H2,1H3,(H,24,25). The van der Waals surface area contributed by atoms with Crippen LogP contribution in [0.25, 0.3) is 22.6 Å². The van der Waals surface area contributed by atoms with E-state index >= 15 is 0 Å². The van der Waals surface area contributed by atoms with E-state index in [-0.39, 0.29) is 18.1 Å². The van der Waals surface area contributed by atoms with Crippen LogP contribution in [0.5, 0.6) is 0 Å². The Morgan fingerprint density at radius 1 is 1.10 bits per heavy atom. The van der Waals surface area contributed by atoms with Gasteiger partial charge < -0.3 is 19.4 Å². The Balaban J connectivity index is 1.67. The minimum Gasteiger partial charge on any atom is -0.461 e. The Bertz CT molecular complexity index is 978. The van der Waals surface area contributed by atoms with Crippen LogP contribution in [0.3, 0.4) is 0 Å². The van der Waals surface area contributed by atoms with E-state index in [1.54, 1.807) is 19.1 Å². The summed E-state index contributed by atoms with van der Waals surface area (Å²) in [7, 11) is 0. The Morgan fingerprint density at radius 2 is 1.76 bits per heavy atom. The molecule has 7 heteroatoms. The SMILES string of the molecule is CCOC(=O)c1[nH]c(-c2ccc(N3CCOCC3)cc2)nc1-c1ccc(F)cc1. The van der Waals surface area contributed by atoms with Gasteiger partial charge >= 0.3 is 5.97 Å². The predicted molar refractivity (Wildman–Crippen MR) is 108 cm³/mol. The number of morpholine rings is 1. The first-order chi connectivity index (χ1) is 14.2. The first-order valence-electron chi connectivity index (χ1n) is 9.62. The van der Waals surface area contributed by atoms with Gasteiger partial charge in [-0.15, -0.1) is 0 Å². The summed E-state index contributed by atoms with van der Waals surface area (Å²) >= 11 is 0. The Kier molecular flexibility index (Phi) is 5.57. The van der Waals surface area contributed by atoms with Gasteiger partial charge in [0.05, 0.1) is 19.8 Å². The molecule has 0 amide bonds. The molecule has 0 saturated carbocycles. The lowest BCUT2D eigenvalue weighted by Crippen LogP contribution is -2.36. The number of hydrogen-bond acceptors (Lipinski definition) is 5. The molecule has 6 nitrogen and oxygen atoms in total. The predicted octanol–water partition coefficient (Wildman–Crippen LogP) is 3.90. The number of nitrogens with zero attached hydrogens (tertiary/aromatic N) is 2. The van der Waals surface area contributed by atoms with Crippen LogP contribution < -0.4 is 4.90 Å². The van der Waals surface area contributed by atoms with Gasteiger partial charge in [-0.3, -0.25) is 0 Å². The molecule has 0 unspecified atom stereocenters. The van der Waals surface area contributed by atoms with Crippen molar-refractivity contribution in [2.75, 3.05) is 37.8 Å². The lowest BCUT2D eigenvalue weighted by Gasteiger charge is -2.28. The number of anilines is 1. The number of carbonyl (C=O) groups excluding carboxylic acids is 1. The second-order valence-electron chi connectivity index (χ2n) is 6.68. The fraction of sp³-hybridized carbons (Fsp3) is 0.273. The summed E-state index contributed by atoms with van der Waals surface area (Å²) in [6.45, 7) is 5.18. The van der Waals surface area contributed by atoms with Crippen molar-refractivity contribution >= 4 is 11.7 Å². The summed E-state index contributed by atoms with van der Waals surface area (Å²) in [6, 6.07) is 13.9. The monoisotopic (exact) mass is 395 g/mol. The summed E-state index contributed by atoms with van der Waals surface area (Å²) in [6.07, 6.45) is 0. The van der Waals surface area contributed by atoms with Crippen LogP contribution in [0.2, 0.25) is 0 Å². The fourth-order valence-corrected chi connectivity index (χ4v) is 3.33. The average Bonchev–Trinajstić information content (AvgIpc) is 3.21. The summed E-state index contributed by atoms with van der Waals surface area (Å²) in [5.41, 5.74) is 3.30. The Hall–Kier alpha value is -3.19. The highest BCUT2D eigenvalue weighted by molar-refractivity contribution is 5.95. The number of hydrogen-bond donors (Lipinski definition) is 1. The van der Waals surface area contributed by atoms with E-state index in [1.165, 1.54) is 12.1 Å². The molecule has 1 N–H and O–H groups in total. The molecule has 2 heterocycles. The van der Waals surface area contributed by atoms with E-state index in [4.69, 9.17) is 9.47 Å². The van der Waals surface area contributed by atoms with Crippen molar-refractivity contribution in [2.45, 2.75) is 6.92 Å². The topological polar surface area (TPSA) is 67.5 Å². The van der Waals surface area contributed by atoms with Crippen LogP contribution in [0, 0.1) is 5.82 Å². The molecule has 4 rings (SSSR count). The molecule has 1 aliphatic rings. The maximum Gasteiger partial charge on any atom is 0.357 e. The van der Waals surface area contributed by atoms with Crippen molar-refractivity contribution in [3.63, 3.8) is 0 Å². The Morgan fingerprint density at radius 3 is 2.41 bits per heavy atom. The van der Waals surface area contributed by atoms with Crippen molar-refractivity contribution in [2.24, 2.45) is 0 Å². The van der Waals surface area contributed by atoms with E-state index in [9.17, 15) is 9.18 Å². The zero-order chi connectivity index (χ0) is 20.2. The van der Waals surface area contributed by atoms with Gasteiger partial charge in [-0.25, -0.2) is 14.2 Å². The summed E-state index contributed by atoms with van der Waals surface area (Å²) < 4.78 is 23.9. The smallest absolute Gasteiger partial charge is 0.357 e. The normalized spacial score (nSPS) is 14.1. The first-order valence-corrected chi connectivity index (χ1v) is 9.62. The van der Waals surface area contributed by atoms with Gasteiger partial charge in [0.25, 0.3) is 0 Å². The molecule has 2 aromatic carbocycles. The van der Waals surface area contributed by atoms with Crippen molar-refractivity contribution in [3.05, 3.63) is 60.0 Å². The molecule has 3 aromatic rings. The van der Waals surface area contributed by atoms with Gasteiger partial charge in [0.2, 0.25) is 0 Å². The number of nitrogens with one attached hydrogen (secondary N) is 1. The minimum atomic E-state index is -0.490. The molecule has 1 aliphatic heterocycles. The van der Waals surface area contributed by atoms with Gasteiger partial charge in [-0.1, -0.05) is 0 Å². The molecule has 0 spiro atoms. The molecule has 1 fully saturated rings. The number of esters is 1. The van der Waals surface area contributed by atoms with Gasteiger partial charge in [0.1, 0.15) is 17.3 Å². The number of rotatable bonds is 5. The molecule has 0 bridgehead atoms. The zero-order valence-corrected chi connectivity index (χ0v) is 16.2. The lowest BCUT2D eigenvalue weighted by molar-refractivity contribution is 0.0521. The quantitative estimate of drug-likeness (QED) is 0.664. The average molecular weight is 395 g/mol. The molecule has 0 radical (unpaired) electrons. The van der Waals surface area contributed by atoms with E-state index in [0.29, 0.717) is 17.1 Å². The van der Waals surface area contributed by atoms with Crippen molar-refractivity contribution in [1.29, 1.82) is 0 Å². The van der Waals surface area contributed by atoms with Crippen LogP contribution in [0.1, 0.15) is 17.4 Å². The maximum atomic E-state index is 13.3. The second kappa shape index (κ2) is 8.45. The molecule has 0 aliphatic carbocycles. The van der Waals surface area contributed by atoms with Gasteiger partial charge in [-0.05, 0) is 55.5 Å². The van der Waals surface area contributed by atoms with Crippen LogP contribution in [0.15, 0.2) is 48.5 Å². The van der Waals surface area contributed by atoms with Crippen molar-refractivity contribution in [3.8, 4) is 22.6 Å². The Labute approximate surface area is 168 Å². The number of aromatic amines is 1. The minimum absolute atomic E-state index is 0.254. The molecule has 1 aromatic heterocycles. The van der Waals surface area contributed by atoms with Gasteiger partial charge in [-0.2, -0.15) is 0 Å². The lowest BCUT2D eigenvalue weighted by atomic mass is 10.1. The highest BCUT2D eigenvalue weighted by atomic mass is 19.1. The number of ether oxygens (including phenoxy) is 2. The summed E-state index contributed by atoms with van der Waals surface area (Å²) in [5, 5.41) is 0. The highest BCUT2D eigenvalue weighted by Gasteiger charge is 2.21. The molecule has 0 atom stereocenters. The number of aromatic nitrogens is 2. The van der Waals surface area contributed by atoms with E-state index < -0.39 is 5.97 Å². The maximum absolute atomic E-state index is 13.3. The first kappa shape index (κ1) is 19.1. The van der Waals surface area contributed by atoms with Gasteiger partial charge in [0, 0.05) is 29.9 Å². The van der Waals surface area contributed by atoms with E-state index in [1.807, 2.05) is 24.3 Å². The van der Waals surface area contributed by atoms with Crippen LogP contribution >= 0.6 is 0 Å². The molecular formula is C22H22FN3O3. The van der Waals surface area contributed by atoms with Crippen LogP contribution in [-0.2, 0) is 9.47 Å². The zero-order valence-electron chi connectivity index (χ0n) is 16.2. The van der Waals surface area contributed by atoms with Crippen LogP contribution in [0.4, 0.5) is 10.1 Å². The largest absolute Gasteiger partial charge is 0.461 e. The van der Waals surface area contributed by atoms with E-state index in [0.717, 1.165) is 37.6 Å². The van der Waals surface area contributed by atoms with Crippen LogP contribution in [-0.4, -0.2) is 48.8 Å². The number of benzene rings is 2. The molecule has 150 valence electrons. The third-order valence-electron chi connectivity index (χ3n) is 4.82. The number of carbonyl (C=O) groups is 1. The fourth-order valence-electron chi connectivity index (χ4n) is 3.33. The molecule has 1 saturated heterocycles. The molecule has 29 heavy (non-hydrogen) atoms. The number of halogens is 1. The van der Waals surface area contributed by atoms with Gasteiger partial charge in [0.15, 0.2) is 5.69 Å². The third kappa shape index (κ3) is 4.14. The van der Waals surface area contributed by atoms with Crippen molar-refractivity contribution in [1.82, 2.24) is 9.97 Å². The van der Waals surface area contributed by atoms with E-state index in [2.05, 4.69) is 14.9 Å².